The highest BCUT2D eigenvalue weighted by Crippen LogP contribution is 2.44. The van der Waals surface area contributed by atoms with E-state index >= 15 is 4.39 Å². The molecule has 2 heterocycles. The van der Waals surface area contributed by atoms with Gasteiger partial charge in [-0.15, -0.1) is 5.06 Å². The third-order valence-corrected chi connectivity index (χ3v) is 7.22. The van der Waals surface area contributed by atoms with Gasteiger partial charge in [-0.25, -0.2) is 26.8 Å². The number of benzene rings is 3. The van der Waals surface area contributed by atoms with Crippen molar-refractivity contribution in [1.29, 1.82) is 0 Å². The first kappa shape index (κ1) is 31.2. The van der Waals surface area contributed by atoms with Crippen molar-refractivity contribution in [3.63, 3.8) is 0 Å². The molecule has 16 heteroatoms. The third kappa shape index (κ3) is 6.23. The van der Waals surface area contributed by atoms with Gasteiger partial charge in [0.2, 0.25) is 5.43 Å². The van der Waals surface area contributed by atoms with Crippen molar-refractivity contribution in [1.82, 2.24) is 5.06 Å². The molecule has 5 rings (SSSR count). The minimum absolute atomic E-state index is 0.213. The van der Waals surface area contributed by atoms with E-state index in [4.69, 9.17) is 18.7 Å². The Hall–Kier alpha value is -5.22. The zero-order chi connectivity index (χ0) is 33.0. The molecule has 0 aromatic heterocycles. The van der Waals surface area contributed by atoms with Gasteiger partial charge in [0.15, 0.2) is 17.4 Å². The zero-order valence-corrected chi connectivity index (χ0v) is 24.3. The fourth-order valence-corrected chi connectivity index (χ4v) is 5.19. The Bertz CT molecular complexity index is 2070. The van der Waals surface area contributed by atoms with E-state index in [9.17, 15) is 41.3 Å². The van der Waals surface area contributed by atoms with E-state index in [0.29, 0.717) is 12.1 Å². The normalized spacial score (nSPS) is 13.9. The lowest BCUT2D eigenvalue weighted by Gasteiger charge is -2.21. The lowest BCUT2D eigenvalue weighted by Crippen LogP contribution is -2.32. The molecule has 2 aromatic rings. The maximum Gasteiger partial charge on any atom is 0.514 e. The molecule has 0 radical (unpaired) electrons. The average Bonchev–Trinajstić information content (AvgIpc) is 3.24. The summed E-state index contributed by atoms with van der Waals surface area (Å²) in [6.07, 6.45) is -1.70. The number of hydrogen-bond donors (Lipinski definition) is 0. The van der Waals surface area contributed by atoms with Crippen LogP contribution in [0.15, 0.2) is 56.6 Å². The summed E-state index contributed by atoms with van der Waals surface area (Å²) in [4.78, 5) is 64.4. The zero-order valence-electron chi connectivity index (χ0n) is 23.5. The molecule has 45 heavy (non-hydrogen) atoms. The van der Waals surface area contributed by atoms with Crippen LogP contribution in [0, 0.1) is 11.6 Å². The van der Waals surface area contributed by atoms with E-state index in [0.717, 1.165) is 30.3 Å². The molecule has 234 valence electrons. The van der Waals surface area contributed by atoms with Crippen LogP contribution in [0.25, 0.3) is 33.4 Å². The van der Waals surface area contributed by atoms with Gasteiger partial charge in [-0.1, -0.05) is 6.07 Å². The molecule has 3 aliphatic rings. The highest BCUT2D eigenvalue weighted by molar-refractivity contribution is 7.85. The summed E-state index contributed by atoms with van der Waals surface area (Å²) in [5.41, 5.74) is -4.04. The summed E-state index contributed by atoms with van der Waals surface area (Å²) in [5.74, 6) is -6.48. The molecular formula is C29H20F2NO12S-. The Morgan fingerprint density at radius 1 is 0.933 bits per heavy atom. The summed E-state index contributed by atoms with van der Waals surface area (Å²) in [6.45, 7) is 4.61. The molecule has 2 aromatic carbocycles. The van der Waals surface area contributed by atoms with Crippen molar-refractivity contribution in [3.05, 3.63) is 69.9 Å². The number of carbonyl (C=O) groups is 4. The molecule has 2 aliphatic heterocycles. The Labute approximate surface area is 251 Å². The molecule has 0 spiro atoms. The predicted molar refractivity (Wildman–Crippen MR) is 146 cm³/mol. The number of amides is 2. The first-order valence-corrected chi connectivity index (χ1v) is 14.3. The lowest BCUT2D eigenvalue weighted by molar-refractivity contribution is -0.172. The van der Waals surface area contributed by atoms with Gasteiger partial charge in [0, 0.05) is 47.1 Å². The molecule has 1 fully saturated rings. The smallest absolute Gasteiger partial charge is 0.514 e. The van der Waals surface area contributed by atoms with Crippen molar-refractivity contribution < 1.29 is 59.7 Å². The van der Waals surface area contributed by atoms with E-state index < -0.39 is 78.5 Å². The summed E-state index contributed by atoms with van der Waals surface area (Å²) in [5, 5.41) is -0.0484. The number of hydrogen-bond acceptors (Lipinski definition) is 12. The van der Waals surface area contributed by atoms with Crippen molar-refractivity contribution in [3.8, 4) is 28.2 Å². The highest BCUT2D eigenvalue weighted by atomic mass is 32.2. The molecule has 0 unspecified atom stereocenters. The molecule has 0 atom stereocenters. The minimum atomic E-state index is -5.46. The van der Waals surface area contributed by atoms with E-state index in [2.05, 4.69) is 0 Å². The first-order chi connectivity index (χ1) is 20.9. The molecular weight excluding hydrogens is 624 g/mol. The topological polar surface area (TPSA) is 187 Å². The van der Waals surface area contributed by atoms with Crippen LogP contribution < -0.4 is 10.2 Å². The van der Waals surface area contributed by atoms with Crippen molar-refractivity contribution in [2.45, 2.75) is 44.1 Å². The van der Waals surface area contributed by atoms with Crippen LogP contribution in [-0.4, -0.2) is 47.6 Å². The van der Waals surface area contributed by atoms with Crippen LogP contribution in [0.2, 0.25) is 0 Å². The van der Waals surface area contributed by atoms with Crippen LogP contribution in [-0.2, 0) is 29.3 Å². The average molecular weight is 645 g/mol. The maximum absolute atomic E-state index is 15.3. The fraction of sp³-hybridized carbons (Fsp3) is 0.207. The summed E-state index contributed by atoms with van der Waals surface area (Å²) in [7, 11) is -5.46. The first-order valence-electron chi connectivity index (χ1n) is 12.9. The van der Waals surface area contributed by atoms with Crippen molar-refractivity contribution >= 4 is 45.0 Å². The minimum Gasteiger partial charge on any atom is -0.744 e. The monoisotopic (exact) mass is 644 g/mol. The number of carbonyl (C=O) groups excluding carboxylic acids is 4. The lowest BCUT2D eigenvalue weighted by atomic mass is 9.92. The van der Waals surface area contributed by atoms with Crippen LogP contribution in [0.1, 0.15) is 44.0 Å². The van der Waals surface area contributed by atoms with Crippen LogP contribution in [0.5, 0.6) is 5.75 Å². The van der Waals surface area contributed by atoms with E-state index in [1.165, 1.54) is 20.8 Å². The van der Waals surface area contributed by atoms with Crippen LogP contribution in [0.4, 0.5) is 13.6 Å². The van der Waals surface area contributed by atoms with Gasteiger partial charge in [0.05, 0.1) is 10.5 Å². The number of halogens is 2. The second-order valence-electron chi connectivity index (χ2n) is 10.7. The second kappa shape index (κ2) is 11.0. The van der Waals surface area contributed by atoms with Crippen LogP contribution >= 0.6 is 0 Å². The third-order valence-electron chi connectivity index (χ3n) is 6.35. The summed E-state index contributed by atoms with van der Waals surface area (Å²) < 4.78 is 82.9. The molecule has 0 N–H and O–H groups in total. The Balaban J connectivity index is 1.72. The maximum atomic E-state index is 15.3. The number of fused-ring (bicyclic) bond motifs is 2. The summed E-state index contributed by atoms with van der Waals surface area (Å²) >= 11 is 0. The molecule has 1 saturated heterocycles. The van der Waals surface area contributed by atoms with E-state index in [1.54, 1.807) is 0 Å². The predicted octanol–water partition coefficient (Wildman–Crippen LogP) is 4.28. The van der Waals surface area contributed by atoms with Gasteiger partial charge in [-0.2, -0.15) is 0 Å². The SMILES string of the molecule is CC(C)(C)OC(=O)Oc1cc2oc3cc(=O)c(F)cc-3c(-c3ccc(C(=O)ON4C(=O)CCC4=O)cc3S(=O)(=O)[O-])c2cc1F. The van der Waals surface area contributed by atoms with Crippen molar-refractivity contribution in [2.75, 3.05) is 0 Å². The largest absolute Gasteiger partial charge is 0.744 e. The van der Waals surface area contributed by atoms with Gasteiger partial charge in [-0.05, 0) is 45.0 Å². The van der Waals surface area contributed by atoms with E-state index in [-0.39, 0.29) is 45.8 Å². The van der Waals surface area contributed by atoms with Crippen LogP contribution in [0.3, 0.4) is 0 Å². The quantitative estimate of drug-likeness (QED) is 0.0988. The standard InChI is InChI=1S/C29H21F2NO12S/c1-29(2,3)43-28(37)42-22-12-21-16(10-18(22)31)26(15-9-17(30)19(33)11-20(15)41-21)14-5-4-13(8-23(14)45(38,39)40)27(36)44-32-24(34)6-7-25(32)35/h4-5,8-12H,6-7H2,1-3H3,(H,38,39,40)/p-1. The number of rotatable bonds is 5. The van der Waals surface area contributed by atoms with Gasteiger partial charge in [0.25, 0.3) is 11.8 Å². The second-order valence-corrected chi connectivity index (χ2v) is 12.1. The molecule has 13 nitrogen and oxygen atoms in total. The van der Waals surface area contributed by atoms with E-state index in [1.807, 2.05) is 0 Å². The molecule has 1 aliphatic carbocycles. The number of imide groups is 1. The summed E-state index contributed by atoms with van der Waals surface area (Å²) in [6, 6.07) is 5.60. The van der Waals surface area contributed by atoms with Gasteiger partial charge < -0.3 is 23.3 Å². The number of hydroxylamine groups is 2. The van der Waals surface area contributed by atoms with Gasteiger partial charge in [0.1, 0.15) is 27.1 Å². The van der Waals surface area contributed by atoms with Gasteiger partial charge >= 0.3 is 12.1 Å². The molecule has 0 saturated carbocycles. The molecule has 0 bridgehead atoms. The Morgan fingerprint density at radius 2 is 1.60 bits per heavy atom. The number of nitrogens with zero attached hydrogens (tertiary/aromatic N) is 1. The molecule has 2 amide bonds. The highest BCUT2D eigenvalue weighted by Gasteiger charge is 2.34. The number of ether oxygens (including phenoxy) is 2. The van der Waals surface area contributed by atoms with Crippen molar-refractivity contribution in [2.24, 2.45) is 0 Å². The van der Waals surface area contributed by atoms with Gasteiger partial charge in [-0.3, -0.25) is 14.4 Å². The Morgan fingerprint density at radius 3 is 2.22 bits per heavy atom. The fourth-order valence-electron chi connectivity index (χ4n) is 4.48. The Kier molecular flexibility index (Phi) is 7.66.